The molecule has 0 bridgehead atoms. The number of nitro benzene ring substituents is 1. The molecule has 1 aliphatic carbocycles. The lowest BCUT2D eigenvalue weighted by Crippen LogP contribution is -2.47. The number of ether oxygens (including phenoxy) is 1. The second kappa shape index (κ2) is 21.9. The summed E-state index contributed by atoms with van der Waals surface area (Å²) >= 11 is 7.24. The fourth-order valence-electron chi connectivity index (χ4n) is 9.12. The van der Waals surface area contributed by atoms with Crippen molar-refractivity contribution in [2.75, 3.05) is 56.0 Å². The highest BCUT2D eigenvalue weighted by molar-refractivity contribution is 7.98. The Morgan fingerprint density at radius 2 is 1.71 bits per heavy atom. The van der Waals surface area contributed by atoms with E-state index in [0.29, 0.717) is 33.6 Å². The molecule has 1 atom stereocenters. The summed E-state index contributed by atoms with van der Waals surface area (Å²) < 4.78 is 9.32. The number of piperazine rings is 1. The van der Waals surface area contributed by atoms with Gasteiger partial charge in [0.25, 0.3) is 11.6 Å². The van der Waals surface area contributed by atoms with Crippen molar-refractivity contribution in [2.45, 2.75) is 71.1 Å². The Balaban J connectivity index is 0.905. The van der Waals surface area contributed by atoms with Gasteiger partial charge in [0.05, 0.1) is 22.6 Å². The number of aromatic nitrogens is 2. The van der Waals surface area contributed by atoms with Gasteiger partial charge in [-0.25, -0.2) is 4.98 Å². The molecule has 0 radical (unpaired) electrons. The molecule has 0 spiro atoms. The zero-order valence-corrected chi connectivity index (χ0v) is 41.5. The standard InChI is InChI=1S/C54H61ClN8O5S/c1-35(2)28-37-6-8-38(9-7-37)36(3)52(64)58-23-22-56-48-17-15-45(31-49(48)63(66)67)69-60-53(65)46-16-14-43(30-50(46)68-44-29-40-19-21-57-51(40)59-33-44)62-26-24-61(25-27-62)34-41-18-20-54(4,5)32-47(41)39-10-12-42(55)13-11-39/h6-17,19,21,29-31,33,35-36,56H,18,20,22-28,32,34H2,1-5H3,(H,57,59)(H,58,64)(H,60,65). The lowest BCUT2D eigenvalue weighted by Gasteiger charge is -2.39. The van der Waals surface area contributed by atoms with E-state index < -0.39 is 10.8 Å². The first-order valence-electron chi connectivity index (χ1n) is 23.7. The van der Waals surface area contributed by atoms with Gasteiger partial charge in [0.2, 0.25) is 5.91 Å². The number of hydrogen-bond acceptors (Lipinski definition) is 10. The minimum absolute atomic E-state index is 0.123. The fraction of sp³-hybridized carbons (Fsp3) is 0.352. The third kappa shape index (κ3) is 12.7. The van der Waals surface area contributed by atoms with Crippen LogP contribution in [-0.4, -0.2) is 77.4 Å². The fourth-order valence-corrected chi connectivity index (χ4v) is 9.87. The maximum atomic E-state index is 14.0. The summed E-state index contributed by atoms with van der Waals surface area (Å²) in [6.45, 7) is 15.8. The molecule has 4 N–H and O–H groups in total. The van der Waals surface area contributed by atoms with Crippen LogP contribution in [0.25, 0.3) is 16.6 Å². The molecule has 1 saturated heterocycles. The molecular formula is C54H61ClN8O5S. The number of benzene rings is 4. The van der Waals surface area contributed by atoms with E-state index >= 15 is 0 Å². The van der Waals surface area contributed by atoms with E-state index in [0.717, 1.165) is 97.7 Å². The molecule has 1 aliphatic heterocycles. The molecule has 6 aromatic rings. The van der Waals surface area contributed by atoms with Crippen molar-refractivity contribution in [3.8, 4) is 11.5 Å². The van der Waals surface area contributed by atoms with Crippen LogP contribution in [0.2, 0.25) is 5.02 Å². The van der Waals surface area contributed by atoms with Crippen molar-refractivity contribution in [1.29, 1.82) is 0 Å². The molecule has 1 fully saturated rings. The summed E-state index contributed by atoms with van der Waals surface area (Å²) in [4.78, 5) is 51.6. The Bertz CT molecular complexity index is 2820. The van der Waals surface area contributed by atoms with Gasteiger partial charge in [0, 0.05) is 85.1 Å². The molecule has 13 nitrogen and oxygen atoms in total. The maximum absolute atomic E-state index is 14.0. The topological polar surface area (TPSA) is 158 Å². The van der Waals surface area contributed by atoms with Gasteiger partial charge in [0.1, 0.15) is 22.8 Å². The van der Waals surface area contributed by atoms with Gasteiger partial charge in [-0.3, -0.25) is 29.3 Å². The van der Waals surface area contributed by atoms with E-state index in [4.69, 9.17) is 16.3 Å². The number of aromatic amines is 1. The second-order valence-electron chi connectivity index (χ2n) is 19.3. The Kier molecular flexibility index (Phi) is 15.6. The van der Waals surface area contributed by atoms with Crippen LogP contribution in [0, 0.1) is 21.4 Å². The monoisotopic (exact) mass is 968 g/mol. The first-order chi connectivity index (χ1) is 33.2. The van der Waals surface area contributed by atoms with Crippen LogP contribution < -0.4 is 25.0 Å². The summed E-state index contributed by atoms with van der Waals surface area (Å²) in [6.07, 6.45) is 7.69. The number of nitrogens with zero attached hydrogens (tertiary/aromatic N) is 4. The lowest BCUT2D eigenvalue weighted by atomic mass is 9.72. The first kappa shape index (κ1) is 49.1. The number of pyridine rings is 1. The molecule has 360 valence electrons. The van der Waals surface area contributed by atoms with Crippen LogP contribution in [0.5, 0.6) is 11.5 Å². The predicted molar refractivity (Wildman–Crippen MR) is 279 cm³/mol. The molecule has 15 heteroatoms. The quantitative estimate of drug-likeness (QED) is 0.0283. The summed E-state index contributed by atoms with van der Waals surface area (Å²) in [6, 6.07) is 30.5. The van der Waals surface area contributed by atoms with E-state index in [2.05, 4.69) is 87.1 Å². The number of fused-ring (bicyclic) bond motifs is 1. The van der Waals surface area contributed by atoms with Crippen LogP contribution >= 0.6 is 23.5 Å². The second-order valence-corrected chi connectivity index (χ2v) is 20.6. The normalized spacial score (nSPS) is 15.6. The number of hydrogen-bond donors (Lipinski definition) is 4. The summed E-state index contributed by atoms with van der Waals surface area (Å²) in [5.41, 5.74) is 8.73. The Morgan fingerprint density at radius 1 is 0.942 bits per heavy atom. The van der Waals surface area contributed by atoms with E-state index in [1.165, 1.54) is 28.3 Å². The number of halogens is 1. The number of nitrogens with one attached hydrogen (secondary N) is 4. The zero-order valence-electron chi connectivity index (χ0n) is 39.9. The molecule has 2 aromatic heterocycles. The van der Waals surface area contributed by atoms with Crippen LogP contribution in [0.3, 0.4) is 0 Å². The van der Waals surface area contributed by atoms with Gasteiger partial charge in [-0.15, -0.1) is 0 Å². The average Bonchev–Trinajstić information content (AvgIpc) is 3.81. The van der Waals surface area contributed by atoms with E-state index in [1.807, 2.05) is 61.7 Å². The zero-order chi connectivity index (χ0) is 48.7. The highest BCUT2D eigenvalue weighted by atomic mass is 35.5. The third-order valence-corrected chi connectivity index (χ3v) is 14.1. The molecule has 4 aromatic carbocycles. The van der Waals surface area contributed by atoms with Crippen LogP contribution in [0.15, 0.2) is 120 Å². The smallest absolute Gasteiger partial charge is 0.293 e. The Hall–Kier alpha value is -6.35. The number of carbonyl (C=O) groups is 2. The molecule has 2 aliphatic rings. The van der Waals surface area contributed by atoms with Gasteiger partial charge in [0.15, 0.2) is 0 Å². The molecule has 8 rings (SSSR count). The summed E-state index contributed by atoms with van der Waals surface area (Å²) in [7, 11) is 0. The van der Waals surface area contributed by atoms with E-state index in [9.17, 15) is 19.7 Å². The Labute approximate surface area is 413 Å². The minimum Gasteiger partial charge on any atom is -0.455 e. The molecule has 1 unspecified atom stereocenters. The molecule has 69 heavy (non-hydrogen) atoms. The number of carbonyl (C=O) groups excluding carboxylic acids is 2. The number of anilines is 2. The lowest BCUT2D eigenvalue weighted by molar-refractivity contribution is -0.384. The Morgan fingerprint density at radius 3 is 2.45 bits per heavy atom. The van der Waals surface area contributed by atoms with Crippen LogP contribution in [0.1, 0.15) is 86.8 Å². The van der Waals surface area contributed by atoms with Gasteiger partial charge >= 0.3 is 0 Å². The van der Waals surface area contributed by atoms with Gasteiger partial charge < -0.3 is 25.3 Å². The molecule has 0 saturated carbocycles. The van der Waals surface area contributed by atoms with Gasteiger partial charge in [-0.1, -0.05) is 81.3 Å². The van der Waals surface area contributed by atoms with Crippen molar-refractivity contribution in [3.05, 3.63) is 152 Å². The van der Waals surface area contributed by atoms with Crippen LogP contribution in [-0.2, 0) is 11.2 Å². The largest absolute Gasteiger partial charge is 0.455 e. The average molecular weight is 970 g/mol. The summed E-state index contributed by atoms with van der Waals surface area (Å²) in [5, 5.41) is 19.9. The molecule has 2 amide bonds. The number of allylic oxidation sites excluding steroid dienone is 1. The number of amides is 2. The first-order valence-corrected chi connectivity index (χ1v) is 24.9. The predicted octanol–water partition coefficient (Wildman–Crippen LogP) is 11.7. The SMILES string of the molecule is CC(C)Cc1ccc(C(C)C(=O)NCCNc2ccc(SNC(=O)c3ccc(N4CCN(CC5=C(c6ccc(Cl)cc6)CC(C)(C)CC5)CC4)cc3Oc3cnc4[nH]ccc4c3)cc2[N+](=O)[O-])cc1. The maximum Gasteiger partial charge on any atom is 0.293 e. The van der Waals surface area contributed by atoms with Crippen molar-refractivity contribution in [3.63, 3.8) is 0 Å². The summed E-state index contributed by atoms with van der Waals surface area (Å²) in [5.74, 6) is 0.496. The van der Waals surface area contributed by atoms with Gasteiger partial charge in [-0.2, -0.15) is 0 Å². The van der Waals surface area contributed by atoms with Crippen molar-refractivity contribution in [1.82, 2.24) is 24.9 Å². The molecular weight excluding hydrogens is 908 g/mol. The van der Waals surface area contributed by atoms with Crippen molar-refractivity contribution < 1.29 is 19.2 Å². The van der Waals surface area contributed by atoms with Crippen LogP contribution in [0.4, 0.5) is 17.1 Å². The highest BCUT2D eigenvalue weighted by Gasteiger charge is 2.30. The van der Waals surface area contributed by atoms with E-state index in [-0.39, 0.29) is 36.0 Å². The van der Waals surface area contributed by atoms with Crippen molar-refractivity contribution in [2.24, 2.45) is 11.3 Å². The van der Waals surface area contributed by atoms with Crippen molar-refractivity contribution >= 4 is 69.0 Å². The molecule has 3 heterocycles. The van der Waals surface area contributed by atoms with Gasteiger partial charge in [-0.05, 0) is 127 Å². The number of H-pyrrole nitrogens is 1. The van der Waals surface area contributed by atoms with E-state index in [1.54, 1.807) is 24.4 Å². The minimum atomic E-state index is -0.468. The number of rotatable bonds is 18. The highest BCUT2D eigenvalue weighted by Crippen LogP contribution is 2.43. The third-order valence-electron chi connectivity index (χ3n) is 13.0. The number of nitro groups is 1.